The van der Waals surface area contributed by atoms with Crippen molar-refractivity contribution in [2.75, 3.05) is 20.2 Å². The minimum Gasteiger partial charge on any atom is -0.375 e. The molecule has 0 amide bonds. The Morgan fingerprint density at radius 2 is 2.27 bits per heavy atom. The summed E-state index contributed by atoms with van der Waals surface area (Å²) in [5.74, 6) is 0. The van der Waals surface area contributed by atoms with E-state index in [0.717, 1.165) is 25.1 Å². The molecule has 2 rings (SSSR count). The molecule has 1 aromatic heterocycles. The molecule has 2 heterocycles. The summed E-state index contributed by atoms with van der Waals surface area (Å²) in [5, 5.41) is 4.26. The molecule has 1 aliphatic rings. The zero-order chi connectivity index (χ0) is 10.9. The number of rotatable bonds is 3. The van der Waals surface area contributed by atoms with E-state index in [4.69, 9.17) is 27.9 Å². The van der Waals surface area contributed by atoms with Crippen molar-refractivity contribution < 1.29 is 4.74 Å². The largest absolute Gasteiger partial charge is 0.375 e. The summed E-state index contributed by atoms with van der Waals surface area (Å²) in [6.45, 7) is 1.70. The predicted octanol–water partition coefficient (Wildman–Crippen LogP) is 1.92. The fourth-order valence-corrected chi connectivity index (χ4v) is 2.09. The van der Waals surface area contributed by atoms with Gasteiger partial charge in [-0.3, -0.25) is 0 Å². The van der Waals surface area contributed by atoms with Gasteiger partial charge in [0.2, 0.25) is 0 Å². The quantitative estimate of drug-likeness (QED) is 0.828. The molecular weight excluding hydrogens is 235 g/mol. The van der Waals surface area contributed by atoms with Gasteiger partial charge in [-0.05, 0) is 11.6 Å². The molecule has 1 N–H and O–H groups in total. The van der Waals surface area contributed by atoms with Crippen molar-refractivity contribution in [3.8, 4) is 0 Å². The van der Waals surface area contributed by atoms with Crippen LogP contribution in [0.3, 0.4) is 0 Å². The van der Waals surface area contributed by atoms with Gasteiger partial charge in [0.05, 0.1) is 5.60 Å². The van der Waals surface area contributed by atoms with Gasteiger partial charge in [-0.2, -0.15) is 0 Å². The first-order valence-electron chi connectivity index (χ1n) is 4.71. The molecule has 0 spiro atoms. The van der Waals surface area contributed by atoms with E-state index in [1.807, 2.05) is 0 Å². The SMILES string of the molecule is COC1(Cc2cnc(Cl)cc2Cl)CNC1. The van der Waals surface area contributed by atoms with E-state index in [-0.39, 0.29) is 5.60 Å². The summed E-state index contributed by atoms with van der Waals surface area (Å²) >= 11 is 11.8. The standard InChI is InChI=1S/C10H12Cl2N2O/c1-15-10(5-13-6-10)3-7-4-14-9(12)2-8(7)11/h2,4,13H,3,5-6H2,1H3. The monoisotopic (exact) mass is 246 g/mol. The summed E-state index contributed by atoms with van der Waals surface area (Å²) in [6.07, 6.45) is 2.48. The van der Waals surface area contributed by atoms with Gasteiger partial charge in [-0.15, -0.1) is 0 Å². The molecule has 0 atom stereocenters. The zero-order valence-corrected chi connectivity index (χ0v) is 9.90. The number of nitrogens with one attached hydrogen (secondary N) is 1. The van der Waals surface area contributed by atoms with Crippen LogP contribution in [0.1, 0.15) is 5.56 Å². The molecule has 3 nitrogen and oxygen atoms in total. The third kappa shape index (κ3) is 2.26. The number of hydrogen-bond acceptors (Lipinski definition) is 3. The molecule has 1 aliphatic heterocycles. The molecule has 5 heteroatoms. The second-order valence-electron chi connectivity index (χ2n) is 3.77. The van der Waals surface area contributed by atoms with Gasteiger partial charge in [0.15, 0.2) is 0 Å². The van der Waals surface area contributed by atoms with E-state index >= 15 is 0 Å². The topological polar surface area (TPSA) is 34.1 Å². The number of aromatic nitrogens is 1. The van der Waals surface area contributed by atoms with E-state index in [2.05, 4.69) is 10.3 Å². The summed E-state index contributed by atoms with van der Waals surface area (Å²) < 4.78 is 5.48. The van der Waals surface area contributed by atoms with Crippen LogP contribution in [0.25, 0.3) is 0 Å². The molecule has 1 aromatic rings. The minimum atomic E-state index is -0.126. The Balaban J connectivity index is 2.16. The fourth-order valence-electron chi connectivity index (χ4n) is 1.66. The normalized spacial score (nSPS) is 18.6. The highest BCUT2D eigenvalue weighted by molar-refractivity contribution is 6.34. The summed E-state index contributed by atoms with van der Waals surface area (Å²) in [5.41, 5.74) is 0.850. The molecule has 1 saturated heterocycles. The van der Waals surface area contributed by atoms with E-state index in [9.17, 15) is 0 Å². The number of pyridine rings is 1. The van der Waals surface area contributed by atoms with E-state index in [0.29, 0.717) is 10.2 Å². The number of nitrogens with zero attached hydrogens (tertiary/aromatic N) is 1. The molecule has 0 bridgehead atoms. The second kappa shape index (κ2) is 4.26. The third-order valence-corrected chi connectivity index (χ3v) is 3.29. The molecule has 0 unspecified atom stereocenters. The van der Waals surface area contributed by atoms with Gasteiger partial charge in [0.25, 0.3) is 0 Å². The number of ether oxygens (including phenoxy) is 1. The zero-order valence-electron chi connectivity index (χ0n) is 8.39. The van der Waals surface area contributed by atoms with Crippen LogP contribution in [-0.2, 0) is 11.2 Å². The number of methoxy groups -OCH3 is 1. The second-order valence-corrected chi connectivity index (χ2v) is 4.56. The molecular formula is C10H12Cl2N2O. The smallest absolute Gasteiger partial charge is 0.130 e. The molecule has 82 valence electrons. The first-order chi connectivity index (χ1) is 7.15. The van der Waals surface area contributed by atoms with Crippen LogP contribution in [0.15, 0.2) is 12.3 Å². The van der Waals surface area contributed by atoms with Crippen molar-refractivity contribution >= 4 is 23.2 Å². The third-order valence-electron chi connectivity index (χ3n) is 2.74. The maximum absolute atomic E-state index is 6.07. The average molecular weight is 247 g/mol. The van der Waals surface area contributed by atoms with Gasteiger partial charge in [0, 0.05) is 37.8 Å². The average Bonchev–Trinajstić information content (AvgIpc) is 2.14. The van der Waals surface area contributed by atoms with E-state index in [1.165, 1.54) is 0 Å². The summed E-state index contributed by atoms with van der Waals surface area (Å²) in [4.78, 5) is 4.02. The first kappa shape index (κ1) is 11.1. The van der Waals surface area contributed by atoms with Gasteiger partial charge in [-0.25, -0.2) is 4.98 Å². The van der Waals surface area contributed by atoms with Gasteiger partial charge < -0.3 is 10.1 Å². The Labute approximate surface area is 98.7 Å². The summed E-state index contributed by atoms with van der Waals surface area (Å²) in [6, 6.07) is 1.66. The van der Waals surface area contributed by atoms with Crippen molar-refractivity contribution in [3.05, 3.63) is 28.0 Å². The van der Waals surface area contributed by atoms with Crippen LogP contribution >= 0.6 is 23.2 Å². The molecule has 0 saturated carbocycles. The molecule has 0 aliphatic carbocycles. The van der Waals surface area contributed by atoms with Crippen LogP contribution in [0.2, 0.25) is 10.2 Å². The summed E-state index contributed by atoms with van der Waals surface area (Å²) in [7, 11) is 1.72. The Morgan fingerprint density at radius 3 is 2.73 bits per heavy atom. The maximum atomic E-state index is 6.07. The van der Waals surface area contributed by atoms with Crippen molar-refractivity contribution in [1.82, 2.24) is 10.3 Å². The van der Waals surface area contributed by atoms with E-state index < -0.39 is 0 Å². The van der Waals surface area contributed by atoms with Gasteiger partial charge in [-0.1, -0.05) is 23.2 Å². The molecule has 0 radical (unpaired) electrons. The molecule has 15 heavy (non-hydrogen) atoms. The van der Waals surface area contributed by atoms with Crippen molar-refractivity contribution in [3.63, 3.8) is 0 Å². The first-order valence-corrected chi connectivity index (χ1v) is 5.47. The van der Waals surface area contributed by atoms with Crippen LogP contribution < -0.4 is 5.32 Å². The minimum absolute atomic E-state index is 0.126. The van der Waals surface area contributed by atoms with Crippen molar-refractivity contribution in [2.45, 2.75) is 12.0 Å². The van der Waals surface area contributed by atoms with E-state index in [1.54, 1.807) is 19.4 Å². The molecule has 0 aromatic carbocycles. The van der Waals surface area contributed by atoms with Crippen molar-refractivity contribution in [2.24, 2.45) is 0 Å². The van der Waals surface area contributed by atoms with Crippen molar-refractivity contribution in [1.29, 1.82) is 0 Å². The maximum Gasteiger partial charge on any atom is 0.130 e. The Bertz CT molecular complexity index is 361. The number of hydrogen-bond donors (Lipinski definition) is 1. The Hall–Kier alpha value is -0.350. The molecule has 1 fully saturated rings. The van der Waals surface area contributed by atoms with Crippen LogP contribution in [0.5, 0.6) is 0 Å². The number of halogens is 2. The Morgan fingerprint density at radius 1 is 1.53 bits per heavy atom. The fraction of sp³-hybridized carbons (Fsp3) is 0.500. The van der Waals surface area contributed by atoms with Crippen LogP contribution in [0.4, 0.5) is 0 Å². The lowest BCUT2D eigenvalue weighted by Crippen LogP contribution is -2.61. The highest BCUT2D eigenvalue weighted by Gasteiger charge is 2.37. The highest BCUT2D eigenvalue weighted by atomic mass is 35.5. The van der Waals surface area contributed by atoms with Gasteiger partial charge >= 0.3 is 0 Å². The lowest BCUT2D eigenvalue weighted by atomic mass is 9.89. The van der Waals surface area contributed by atoms with Crippen LogP contribution in [0, 0.1) is 0 Å². The Kier molecular flexibility index (Phi) is 3.16. The van der Waals surface area contributed by atoms with Crippen LogP contribution in [-0.4, -0.2) is 30.8 Å². The highest BCUT2D eigenvalue weighted by Crippen LogP contribution is 2.26. The lowest BCUT2D eigenvalue weighted by molar-refractivity contribution is -0.0502. The predicted molar refractivity (Wildman–Crippen MR) is 60.6 cm³/mol. The van der Waals surface area contributed by atoms with Gasteiger partial charge in [0.1, 0.15) is 5.15 Å². The lowest BCUT2D eigenvalue weighted by Gasteiger charge is -2.41.